The molecular weight excluding hydrogens is 1250 g/mol. The van der Waals surface area contributed by atoms with Gasteiger partial charge < -0.3 is 18.0 Å². The monoisotopic (exact) mass is 1300 g/mol. The van der Waals surface area contributed by atoms with E-state index < -0.39 is 0 Å². The molecule has 0 radical (unpaired) electrons. The summed E-state index contributed by atoms with van der Waals surface area (Å²) in [5, 5.41) is 13.8. The summed E-state index contributed by atoms with van der Waals surface area (Å²) in [5.41, 5.74) is 22.0. The largest absolute Gasteiger partial charge is 0.455 e. The number of hydrogen-bond donors (Lipinski definition) is 0. The molecule has 9 nitrogen and oxygen atoms in total. The van der Waals surface area contributed by atoms with Gasteiger partial charge in [-0.2, -0.15) is 0 Å². The lowest BCUT2D eigenvalue weighted by Crippen LogP contribution is -2.02. The first-order valence-electron chi connectivity index (χ1n) is 34.5. The van der Waals surface area contributed by atoms with Gasteiger partial charge in [0.1, 0.15) is 34.0 Å². The van der Waals surface area contributed by atoms with Crippen LogP contribution >= 0.6 is 0 Å². The first-order chi connectivity index (χ1) is 50.6. The third kappa shape index (κ3) is 8.94. The number of para-hydroxylation sites is 6. The zero-order chi connectivity index (χ0) is 66.9. The number of fused-ring (bicyclic) bond motifs is 20. The van der Waals surface area contributed by atoms with E-state index in [-0.39, 0.29) is 0 Å². The molecule has 0 bridgehead atoms. The van der Waals surface area contributed by atoms with Gasteiger partial charge in [0.2, 0.25) is 0 Å². The maximum absolute atomic E-state index is 6.56. The molecule has 14 aromatic carbocycles. The Balaban J connectivity index is 0.000000133. The van der Waals surface area contributed by atoms with Gasteiger partial charge in [-0.05, 0) is 120 Å². The van der Waals surface area contributed by atoms with E-state index in [1.165, 1.54) is 21.5 Å². The molecule has 0 unspecified atom stereocenters. The first-order valence-corrected chi connectivity index (χ1v) is 34.5. The smallest absolute Gasteiger partial charge is 0.162 e. The van der Waals surface area contributed by atoms with E-state index in [9.17, 15) is 0 Å². The molecule has 0 amide bonds. The number of pyridine rings is 1. The number of furan rings is 2. The van der Waals surface area contributed by atoms with Crippen molar-refractivity contribution in [3.63, 3.8) is 0 Å². The van der Waals surface area contributed by atoms with Crippen LogP contribution in [-0.2, 0) is 0 Å². The SMILES string of the molecule is c1ccc(-c2cc(-c3ccccc3)nc(-n3c4ccccc4c4cc(-n5c6ccccc6c6c7oc8ccccc8c7ccc65)ccc43)c2)cc1.c1ccc(-c2cc(-n3c4ccccc4c4cc(-n5c6ccccc6c6c7oc8ccccc8c7ccc65)ccc43)nc(-c3ccccc3)n2)cc1. The minimum absolute atomic E-state index is 0.691. The van der Waals surface area contributed by atoms with E-state index in [0.717, 1.165) is 172 Å². The lowest BCUT2D eigenvalue weighted by Gasteiger charge is -2.13. The highest BCUT2D eigenvalue weighted by atomic mass is 16.3. The van der Waals surface area contributed by atoms with E-state index in [1.54, 1.807) is 0 Å². The second kappa shape index (κ2) is 22.9. The fourth-order valence-corrected chi connectivity index (χ4v) is 15.9. The maximum atomic E-state index is 6.56. The lowest BCUT2D eigenvalue weighted by molar-refractivity contribution is 0.672. The van der Waals surface area contributed by atoms with Crippen molar-refractivity contribution in [2.75, 3.05) is 0 Å². The predicted octanol–water partition coefficient (Wildman–Crippen LogP) is 24.4. The summed E-state index contributed by atoms with van der Waals surface area (Å²) in [7, 11) is 0. The molecule has 0 saturated heterocycles. The van der Waals surface area contributed by atoms with Crippen LogP contribution in [0.4, 0.5) is 0 Å². The van der Waals surface area contributed by atoms with E-state index in [2.05, 4.69) is 316 Å². The molecule has 0 fully saturated rings. The van der Waals surface area contributed by atoms with Crippen LogP contribution in [0.15, 0.2) is 355 Å². The van der Waals surface area contributed by atoms with Crippen molar-refractivity contribution in [3.05, 3.63) is 346 Å². The highest BCUT2D eigenvalue weighted by Gasteiger charge is 2.24. The Hall–Kier alpha value is -13.9. The Labute approximate surface area is 583 Å². The normalized spacial score (nSPS) is 11.9. The van der Waals surface area contributed by atoms with Crippen molar-refractivity contribution in [3.8, 4) is 68.0 Å². The lowest BCUT2D eigenvalue weighted by atomic mass is 10.0. The molecule has 0 aliphatic rings. The van der Waals surface area contributed by atoms with Crippen molar-refractivity contribution >= 4 is 131 Å². The third-order valence-electron chi connectivity index (χ3n) is 20.4. The second-order valence-electron chi connectivity index (χ2n) is 26.2. The van der Waals surface area contributed by atoms with E-state index in [4.69, 9.17) is 23.8 Å². The highest BCUT2D eigenvalue weighted by Crippen LogP contribution is 2.45. The molecule has 0 N–H and O–H groups in total. The topological polar surface area (TPSA) is 84.7 Å². The molecule has 22 aromatic rings. The second-order valence-corrected chi connectivity index (χ2v) is 26.2. The quantitative estimate of drug-likeness (QED) is 0.151. The Kier molecular flexibility index (Phi) is 12.8. The molecule has 0 atom stereocenters. The minimum Gasteiger partial charge on any atom is -0.455 e. The first kappa shape index (κ1) is 57.2. The Bertz CT molecular complexity index is 6580. The van der Waals surface area contributed by atoms with Crippen LogP contribution < -0.4 is 0 Å². The van der Waals surface area contributed by atoms with Gasteiger partial charge in [-0.25, -0.2) is 15.0 Å². The van der Waals surface area contributed by atoms with Crippen LogP contribution in [0.25, 0.3) is 199 Å². The molecule has 22 rings (SSSR count). The zero-order valence-corrected chi connectivity index (χ0v) is 54.9. The van der Waals surface area contributed by atoms with Crippen LogP contribution in [-0.4, -0.2) is 33.2 Å². The van der Waals surface area contributed by atoms with Crippen LogP contribution in [0.3, 0.4) is 0 Å². The average molecular weight is 1300 g/mol. The van der Waals surface area contributed by atoms with E-state index in [0.29, 0.717) is 5.82 Å². The van der Waals surface area contributed by atoms with Crippen LogP contribution in [0.1, 0.15) is 0 Å². The van der Waals surface area contributed by atoms with Gasteiger partial charge in [0.05, 0.1) is 66.3 Å². The summed E-state index contributed by atoms with van der Waals surface area (Å²) >= 11 is 0. The maximum Gasteiger partial charge on any atom is 0.162 e. The van der Waals surface area contributed by atoms with Crippen molar-refractivity contribution in [2.24, 2.45) is 0 Å². The molecule has 9 heteroatoms. The van der Waals surface area contributed by atoms with Gasteiger partial charge in [-0.1, -0.05) is 231 Å². The molecule has 8 aromatic heterocycles. The summed E-state index contributed by atoms with van der Waals surface area (Å²) in [6, 6.07) is 122. The molecule has 0 aliphatic heterocycles. The van der Waals surface area contributed by atoms with Crippen molar-refractivity contribution in [2.45, 2.75) is 0 Å². The van der Waals surface area contributed by atoms with Gasteiger partial charge in [0, 0.05) is 88.0 Å². The fraction of sp³-hybridized carbons (Fsp3) is 0. The fourth-order valence-electron chi connectivity index (χ4n) is 15.9. The van der Waals surface area contributed by atoms with E-state index in [1.807, 2.05) is 48.5 Å². The van der Waals surface area contributed by atoms with Crippen molar-refractivity contribution in [1.29, 1.82) is 0 Å². The molecule has 0 saturated carbocycles. The summed E-state index contributed by atoms with van der Waals surface area (Å²) in [6.45, 7) is 0. The Morgan fingerprint density at radius 1 is 0.206 bits per heavy atom. The summed E-state index contributed by atoms with van der Waals surface area (Å²) in [6.07, 6.45) is 0. The summed E-state index contributed by atoms with van der Waals surface area (Å²) in [4.78, 5) is 15.6. The average Bonchev–Trinajstić information content (AvgIpc) is 1.56. The zero-order valence-electron chi connectivity index (χ0n) is 54.9. The number of hydrogen-bond acceptors (Lipinski definition) is 5. The van der Waals surface area contributed by atoms with Crippen LogP contribution in [0.5, 0.6) is 0 Å². The Morgan fingerprint density at radius 2 is 0.569 bits per heavy atom. The summed E-state index contributed by atoms with van der Waals surface area (Å²) < 4.78 is 22.5. The molecular formula is C93H57N7O2. The van der Waals surface area contributed by atoms with E-state index >= 15 is 0 Å². The number of rotatable bonds is 8. The Morgan fingerprint density at radius 3 is 1.05 bits per heavy atom. The molecule has 0 aliphatic carbocycles. The molecule has 0 spiro atoms. The molecule has 102 heavy (non-hydrogen) atoms. The number of benzene rings is 14. The third-order valence-corrected chi connectivity index (χ3v) is 20.4. The predicted molar refractivity (Wildman–Crippen MR) is 420 cm³/mol. The number of nitrogens with zero attached hydrogens (tertiary/aromatic N) is 7. The highest BCUT2D eigenvalue weighted by molar-refractivity contribution is 6.26. The molecule has 8 heterocycles. The van der Waals surface area contributed by atoms with Gasteiger partial charge in [0.15, 0.2) is 5.82 Å². The van der Waals surface area contributed by atoms with Crippen molar-refractivity contribution < 1.29 is 8.83 Å². The van der Waals surface area contributed by atoms with Crippen molar-refractivity contribution in [1.82, 2.24) is 33.2 Å². The number of aromatic nitrogens is 7. The van der Waals surface area contributed by atoms with Crippen LogP contribution in [0, 0.1) is 0 Å². The summed E-state index contributed by atoms with van der Waals surface area (Å²) in [5.74, 6) is 2.40. The van der Waals surface area contributed by atoms with Gasteiger partial charge in [-0.3, -0.25) is 9.13 Å². The minimum atomic E-state index is 0.691. The van der Waals surface area contributed by atoms with Gasteiger partial charge >= 0.3 is 0 Å². The molecule has 476 valence electrons. The van der Waals surface area contributed by atoms with Gasteiger partial charge in [0.25, 0.3) is 0 Å². The van der Waals surface area contributed by atoms with Gasteiger partial charge in [-0.15, -0.1) is 0 Å². The standard InChI is InChI=1S/C47H29N3O.C46H28N4O/c1-3-13-30(14-4-1)32-27-39(31-15-5-2-6-16-31)48-45(28-32)50-40-20-10-7-17-34(40)38-29-33(23-25-42(38)50)49-41-21-11-8-19-37(41)46-43(49)26-24-36-35-18-9-12-22-44(35)51-47(36)46;1-3-13-29(14-4-1)37-28-43(48-46(47-37)30-15-5-2-6-16-30)50-38-20-10-7-17-32(38)36-27-31(23-25-40(36)50)49-39-21-11-8-19-35(39)44-41(49)26-24-34-33-18-9-12-22-42(33)51-45(34)44/h1-29H;1-28H. The van der Waals surface area contributed by atoms with Crippen LogP contribution in [0.2, 0.25) is 0 Å².